The number of aryl methyl sites for hydroxylation is 1. The van der Waals surface area contributed by atoms with E-state index in [1.807, 2.05) is 32.0 Å². The van der Waals surface area contributed by atoms with E-state index in [0.29, 0.717) is 41.7 Å². The number of pyridine rings is 1. The van der Waals surface area contributed by atoms with Crippen molar-refractivity contribution in [3.05, 3.63) is 83.7 Å². The Labute approximate surface area is 247 Å². The van der Waals surface area contributed by atoms with Crippen LogP contribution in [0.4, 0.5) is 30.5 Å². The third-order valence-electron chi connectivity index (χ3n) is 7.39. The minimum absolute atomic E-state index is 0.0957. The summed E-state index contributed by atoms with van der Waals surface area (Å²) in [5, 5.41) is 5.63. The molecule has 43 heavy (non-hydrogen) atoms. The third-order valence-corrected chi connectivity index (χ3v) is 7.39. The zero-order chi connectivity index (χ0) is 30.7. The Morgan fingerprint density at radius 3 is 2.60 bits per heavy atom. The van der Waals surface area contributed by atoms with Crippen LogP contribution in [0.15, 0.2) is 67.0 Å². The van der Waals surface area contributed by atoms with E-state index < -0.39 is 17.6 Å². The molecule has 2 aromatic heterocycles. The first-order chi connectivity index (χ1) is 20.5. The van der Waals surface area contributed by atoms with E-state index >= 15 is 0 Å². The third kappa shape index (κ3) is 6.69. The number of likely N-dealkylation sites (N-methyl/N-ethyl adjacent to an activating group) is 1. The molecule has 2 N–H and O–H groups in total. The van der Waals surface area contributed by atoms with E-state index in [9.17, 15) is 18.0 Å². The zero-order valence-electron chi connectivity index (χ0n) is 24.2. The molecule has 1 unspecified atom stereocenters. The van der Waals surface area contributed by atoms with E-state index in [-0.39, 0.29) is 23.2 Å². The summed E-state index contributed by atoms with van der Waals surface area (Å²) in [4.78, 5) is 30.6. The molecular weight excluding hydrogens is 559 g/mol. The van der Waals surface area contributed by atoms with E-state index in [4.69, 9.17) is 4.74 Å². The number of carbonyl (C=O) groups excluding carboxylic acids is 1. The van der Waals surface area contributed by atoms with Gasteiger partial charge in [-0.2, -0.15) is 13.2 Å². The predicted octanol–water partition coefficient (Wildman–Crippen LogP) is 6.09. The maximum atomic E-state index is 13.6. The number of anilines is 3. The average Bonchev–Trinajstić information content (AvgIpc) is 3.49. The number of hydrogen-bond acceptors (Lipinski definition) is 8. The van der Waals surface area contributed by atoms with Gasteiger partial charge in [0.05, 0.1) is 28.2 Å². The van der Waals surface area contributed by atoms with Crippen LogP contribution in [0, 0.1) is 6.92 Å². The van der Waals surface area contributed by atoms with E-state index in [1.54, 1.807) is 49.8 Å². The number of nitrogens with zero attached hydrogens (tertiary/aromatic N) is 5. The molecule has 0 bridgehead atoms. The van der Waals surface area contributed by atoms with Crippen molar-refractivity contribution in [3.8, 4) is 22.9 Å². The maximum absolute atomic E-state index is 13.6. The van der Waals surface area contributed by atoms with Gasteiger partial charge in [0.25, 0.3) is 5.91 Å². The largest absolute Gasteiger partial charge is 0.438 e. The fourth-order valence-corrected chi connectivity index (χ4v) is 4.92. The number of rotatable bonds is 8. The number of aromatic nitrogens is 3. The van der Waals surface area contributed by atoms with Gasteiger partial charge in [-0.3, -0.25) is 4.79 Å². The van der Waals surface area contributed by atoms with Crippen molar-refractivity contribution in [1.82, 2.24) is 19.9 Å². The molecule has 1 saturated heterocycles. The number of ether oxygens (including phenoxy) is 1. The van der Waals surface area contributed by atoms with Gasteiger partial charge >= 0.3 is 6.18 Å². The molecule has 5 rings (SSSR count). The second-order valence-electron chi connectivity index (χ2n) is 10.5. The minimum Gasteiger partial charge on any atom is -0.438 e. The molecule has 1 aliphatic heterocycles. The summed E-state index contributed by atoms with van der Waals surface area (Å²) in [5.74, 6) is 0.508. The first-order valence-electron chi connectivity index (χ1n) is 13.7. The van der Waals surface area contributed by atoms with E-state index in [1.165, 1.54) is 6.07 Å². The molecule has 224 valence electrons. The van der Waals surface area contributed by atoms with Crippen LogP contribution in [0.2, 0.25) is 0 Å². The second kappa shape index (κ2) is 12.3. The lowest BCUT2D eigenvalue weighted by atomic mass is 10.1. The van der Waals surface area contributed by atoms with Gasteiger partial charge < -0.3 is 25.2 Å². The summed E-state index contributed by atoms with van der Waals surface area (Å²) in [5.41, 5.74) is 1.95. The fourth-order valence-electron chi connectivity index (χ4n) is 4.92. The molecule has 0 aliphatic carbocycles. The lowest BCUT2D eigenvalue weighted by Crippen LogP contribution is -2.31. The summed E-state index contributed by atoms with van der Waals surface area (Å²) < 4.78 is 47.1. The average molecular weight is 592 g/mol. The van der Waals surface area contributed by atoms with Crippen molar-refractivity contribution < 1.29 is 22.7 Å². The van der Waals surface area contributed by atoms with Crippen molar-refractivity contribution in [1.29, 1.82) is 0 Å². The summed E-state index contributed by atoms with van der Waals surface area (Å²) in [7, 11) is 5.66. The molecule has 0 radical (unpaired) electrons. The van der Waals surface area contributed by atoms with Crippen molar-refractivity contribution in [2.45, 2.75) is 25.6 Å². The molecule has 2 aromatic carbocycles. The Kier molecular flexibility index (Phi) is 8.49. The number of nitrogens with one attached hydrogen (secondary N) is 2. The molecule has 1 amide bonds. The normalized spacial score (nSPS) is 15.1. The molecule has 1 fully saturated rings. The highest BCUT2D eigenvalue weighted by molar-refractivity contribution is 6.06. The second-order valence-corrected chi connectivity index (χ2v) is 10.5. The first kappa shape index (κ1) is 29.8. The van der Waals surface area contributed by atoms with E-state index in [0.717, 1.165) is 24.1 Å². The monoisotopic (exact) mass is 591 g/mol. The lowest BCUT2D eigenvalue weighted by molar-refractivity contribution is -0.137. The summed E-state index contributed by atoms with van der Waals surface area (Å²) in [6.07, 6.45) is -0.496. The predicted molar refractivity (Wildman–Crippen MR) is 160 cm³/mol. The SMILES string of the molecule is CNc1nccc(-c2cccnc2Oc2cc(C(=O)Nc3cc(C(F)(F)F)ccc3N3CCC(N(C)C)C3)ccc2C)n1. The number of hydrogen-bond donors (Lipinski definition) is 2. The molecule has 4 aromatic rings. The topological polar surface area (TPSA) is 95.5 Å². The van der Waals surface area contributed by atoms with Gasteiger partial charge in [0.15, 0.2) is 0 Å². The Morgan fingerprint density at radius 1 is 1.07 bits per heavy atom. The molecule has 0 spiro atoms. The highest BCUT2D eigenvalue weighted by Crippen LogP contribution is 2.38. The van der Waals surface area contributed by atoms with Gasteiger partial charge in [-0.25, -0.2) is 15.0 Å². The summed E-state index contributed by atoms with van der Waals surface area (Å²) >= 11 is 0. The van der Waals surface area contributed by atoms with Gasteiger partial charge in [-0.15, -0.1) is 0 Å². The lowest BCUT2D eigenvalue weighted by Gasteiger charge is -2.25. The molecule has 0 saturated carbocycles. The molecular formula is C31H32F3N7O2. The number of amides is 1. The Hall–Kier alpha value is -4.71. The van der Waals surface area contributed by atoms with Gasteiger partial charge in [0.2, 0.25) is 11.8 Å². The van der Waals surface area contributed by atoms with E-state index in [2.05, 4.69) is 30.5 Å². The summed E-state index contributed by atoms with van der Waals surface area (Å²) in [6, 6.07) is 13.9. The smallest absolute Gasteiger partial charge is 0.416 e. The molecule has 3 heterocycles. The van der Waals surface area contributed by atoms with Gasteiger partial charge in [-0.05, 0) is 81.5 Å². The molecule has 1 atom stereocenters. The maximum Gasteiger partial charge on any atom is 0.416 e. The van der Waals surface area contributed by atoms with Crippen LogP contribution in [-0.4, -0.2) is 66.0 Å². The van der Waals surface area contributed by atoms with Crippen LogP contribution < -0.4 is 20.3 Å². The quantitative estimate of drug-likeness (QED) is 0.254. The van der Waals surface area contributed by atoms with Crippen molar-refractivity contribution in [3.63, 3.8) is 0 Å². The van der Waals surface area contributed by atoms with Crippen molar-refractivity contribution in [2.24, 2.45) is 0 Å². The Morgan fingerprint density at radius 2 is 1.88 bits per heavy atom. The number of halogens is 3. The molecule has 9 nitrogen and oxygen atoms in total. The van der Waals surface area contributed by atoms with Gasteiger partial charge in [0, 0.05) is 44.1 Å². The van der Waals surface area contributed by atoms with Crippen LogP contribution in [0.25, 0.3) is 11.3 Å². The zero-order valence-corrected chi connectivity index (χ0v) is 24.2. The highest BCUT2D eigenvalue weighted by atomic mass is 19.4. The molecule has 12 heteroatoms. The van der Waals surface area contributed by atoms with Crippen LogP contribution in [0.1, 0.15) is 27.9 Å². The van der Waals surface area contributed by atoms with Gasteiger partial charge in [-0.1, -0.05) is 6.07 Å². The fraction of sp³-hybridized carbons (Fsp3) is 0.290. The molecule has 1 aliphatic rings. The van der Waals surface area contributed by atoms with Crippen LogP contribution in [0.3, 0.4) is 0 Å². The van der Waals surface area contributed by atoms with Crippen LogP contribution in [0.5, 0.6) is 11.6 Å². The van der Waals surface area contributed by atoms with Crippen LogP contribution in [-0.2, 0) is 6.18 Å². The van der Waals surface area contributed by atoms with Crippen molar-refractivity contribution >= 4 is 23.2 Å². The van der Waals surface area contributed by atoms with Gasteiger partial charge in [0.1, 0.15) is 5.75 Å². The minimum atomic E-state index is -4.56. The Bertz CT molecular complexity index is 1630. The number of alkyl halides is 3. The standard InChI is InChI=1S/C31H32F3N7O2/c1-19-7-8-20(16-27(19)43-29-23(6-5-13-36-29)24-11-14-37-30(35-2)39-24)28(42)38-25-17-21(31(32,33)34)9-10-26(25)41-15-12-22(18-41)40(3)4/h5-11,13-14,16-17,22H,12,15,18H2,1-4H3,(H,38,42)(H,35,37,39). The first-order valence-corrected chi connectivity index (χ1v) is 13.7. The summed E-state index contributed by atoms with van der Waals surface area (Å²) in [6.45, 7) is 3.12. The van der Waals surface area contributed by atoms with Crippen LogP contribution >= 0.6 is 0 Å². The number of carbonyl (C=O) groups is 1. The Balaban J connectivity index is 1.43. The number of benzene rings is 2. The highest BCUT2D eigenvalue weighted by Gasteiger charge is 2.33. The van der Waals surface area contributed by atoms with Crippen molar-refractivity contribution in [2.75, 3.05) is 49.8 Å².